The first-order valence-electron chi connectivity index (χ1n) is 20.9. The molecular formula is C56H36N6. The van der Waals surface area contributed by atoms with E-state index in [9.17, 15) is 0 Å². The molecule has 0 aliphatic heterocycles. The Labute approximate surface area is 359 Å². The van der Waals surface area contributed by atoms with Gasteiger partial charge < -0.3 is 0 Å². The van der Waals surface area contributed by atoms with Gasteiger partial charge in [0, 0.05) is 57.0 Å². The van der Waals surface area contributed by atoms with Gasteiger partial charge in [-0.25, -0.2) is 24.9 Å². The van der Waals surface area contributed by atoms with Crippen LogP contribution in [-0.4, -0.2) is 29.9 Å². The summed E-state index contributed by atoms with van der Waals surface area (Å²) in [4.78, 5) is 30.1. The zero-order valence-corrected chi connectivity index (χ0v) is 33.5. The van der Waals surface area contributed by atoms with Gasteiger partial charge in [-0.3, -0.25) is 4.98 Å². The number of benzene rings is 7. The highest BCUT2D eigenvalue weighted by molar-refractivity contribution is 5.78. The number of hydrogen-bond acceptors (Lipinski definition) is 6. The summed E-state index contributed by atoms with van der Waals surface area (Å²) in [7, 11) is 0. The molecule has 10 aromatic rings. The minimum Gasteiger partial charge on any atom is -0.256 e. The van der Waals surface area contributed by atoms with Crippen molar-refractivity contribution >= 4 is 0 Å². The van der Waals surface area contributed by atoms with Gasteiger partial charge in [-0.1, -0.05) is 164 Å². The number of nitrogens with zero attached hydrogens (tertiary/aromatic N) is 6. The van der Waals surface area contributed by atoms with E-state index in [2.05, 4.69) is 108 Å². The van der Waals surface area contributed by atoms with Gasteiger partial charge in [0.05, 0.1) is 17.1 Å². The molecule has 0 spiro atoms. The van der Waals surface area contributed by atoms with E-state index in [1.807, 2.05) is 103 Å². The molecule has 2 unspecified atom stereocenters. The molecule has 62 heavy (non-hydrogen) atoms. The molecule has 2 bridgehead atoms. The lowest BCUT2D eigenvalue weighted by molar-refractivity contribution is 0.754. The van der Waals surface area contributed by atoms with E-state index in [1.54, 1.807) is 0 Å². The molecular weight excluding hydrogens is 757 g/mol. The molecule has 6 nitrogen and oxygen atoms in total. The lowest BCUT2D eigenvalue weighted by Gasteiger charge is -2.42. The normalized spacial score (nSPS) is 14.5. The highest BCUT2D eigenvalue weighted by Gasteiger charge is 2.41. The Kier molecular flexibility index (Phi) is 8.52. The Balaban J connectivity index is 0.980. The fourth-order valence-electron chi connectivity index (χ4n) is 9.28. The fraction of sp³-hybridized carbons (Fsp3) is 0.0357. The average Bonchev–Trinajstić information content (AvgIpc) is 3.36. The fourth-order valence-corrected chi connectivity index (χ4v) is 9.28. The summed E-state index contributed by atoms with van der Waals surface area (Å²) >= 11 is 0. The van der Waals surface area contributed by atoms with Crippen LogP contribution in [0.15, 0.2) is 206 Å². The van der Waals surface area contributed by atoms with Crippen LogP contribution in [-0.2, 0) is 0 Å². The molecule has 0 N–H and O–H groups in total. The van der Waals surface area contributed by atoms with Crippen LogP contribution in [0.3, 0.4) is 0 Å². The van der Waals surface area contributed by atoms with Crippen LogP contribution in [0.2, 0.25) is 0 Å². The molecule has 0 fully saturated rings. The number of hydrogen-bond donors (Lipinski definition) is 0. The van der Waals surface area contributed by atoms with E-state index in [-0.39, 0.29) is 11.8 Å². The molecule has 13 rings (SSSR count). The van der Waals surface area contributed by atoms with Crippen LogP contribution in [0, 0.1) is 0 Å². The van der Waals surface area contributed by atoms with Crippen LogP contribution in [0.25, 0.3) is 79.3 Å². The monoisotopic (exact) mass is 792 g/mol. The molecule has 290 valence electrons. The van der Waals surface area contributed by atoms with Crippen LogP contribution in [0.1, 0.15) is 45.2 Å². The number of rotatable bonds is 7. The molecule has 3 aliphatic carbocycles. The lowest BCUT2D eigenvalue weighted by atomic mass is 9.60. The molecule has 0 radical (unpaired) electrons. The quantitative estimate of drug-likeness (QED) is 0.160. The highest BCUT2D eigenvalue weighted by atomic mass is 15.0. The molecule has 6 heteroatoms. The second-order valence-corrected chi connectivity index (χ2v) is 15.8. The van der Waals surface area contributed by atoms with Crippen LogP contribution < -0.4 is 0 Å². The Morgan fingerprint density at radius 2 is 0.645 bits per heavy atom. The summed E-state index contributed by atoms with van der Waals surface area (Å²) < 4.78 is 0. The van der Waals surface area contributed by atoms with Crippen LogP contribution in [0.4, 0.5) is 0 Å². The smallest absolute Gasteiger partial charge is 0.164 e. The van der Waals surface area contributed by atoms with Crippen molar-refractivity contribution in [3.05, 3.63) is 240 Å². The van der Waals surface area contributed by atoms with Gasteiger partial charge in [-0.15, -0.1) is 0 Å². The summed E-state index contributed by atoms with van der Waals surface area (Å²) in [5, 5.41) is 0. The van der Waals surface area contributed by atoms with Gasteiger partial charge in [0.25, 0.3) is 0 Å². The third-order valence-electron chi connectivity index (χ3n) is 12.2. The molecule has 7 aromatic carbocycles. The third-order valence-corrected chi connectivity index (χ3v) is 12.2. The average molecular weight is 793 g/mol. The molecule has 3 aromatic heterocycles. The maximum Gasteiger partial charge on any atom is 0.164 e. The van der Waals surface area contributed by atoms with Crippen molar-refractivity contribution in [3.63, 3.8) is 0 Å². The maximum absolute atomic E-state index is 5.24. The van der Waals surface area contributed by atoms with Gasteiger partial charge in [-0.2, -0.15) is 0 Å². The third kappa shape index (κ3) is 6.20. The maximum atomic E-state index is 5.24. The summed E-state index contributed by atoms with van der Waals surface area (Å²) in [5.41, 5.74) is 17.5. The second-order valence-electron chi connectivity index (χ2n) is 15.8. The van der Waals surface area contributed by atoms with Gasteiger partial charge in [0.15, 0.2) is 23.3 Å². The molecule has 3 aliphatic rings. The minimum absolute atomic E-state index is 0.0504. The van der Waals surface area contributed by atoms with E-state index < -0.39 is 0 Å². The van der Waals surface area contributed by atoms with E-state index in [1.165, 1.54) is 33.4 Å². The van der Waals surface area contributed by atoms with Crippen molar-refractivity contribution in [2.45, 2.75) is 11.8 Å². The van der Waals surface area contributed by atoms with Crippen LogP contribution in [0.5, 0.6) is 0 Å². The number of pyridine rings is 1. The predicted octanol–water partition coefficient (Wildman–Crippen LogP) is 12.7. The van der Waals surface area contributed by atoms with Crippen molar-refractivity contribution < 1.29 is 0 Å². The van der Waals surface area contributed by atoms with Crippen molar-refractivity contribution in [2.24, 2.45) is 0 Å². The van der Waals surface area contributed by atoms with E-state index in [0.29, 0.717) is 23.3 Å². The van der Waals surface area contributed by atoms with Gasteiger partial charge >= 0.3 is 0 Å². The highest BCUT2D eigenvalue weighted by Crippen LogP contribution is 2.56. The molecule has 3 heterocycles. The summed E-state index contributed by atoms with van der Waals surface area (Å²) in [6.45, 7) is 0. The van der Waals surface area contributed by atoms with Gasteiger partial charge in [0.2, 0.25) is 0 Å². The molecule has 0 amide bonds. The van der Waals surface area contributed by atoms with E-state index in [4.69, 9.17) is 24.9 Å². The topological polar surface area (TPSA) is 77.3 Å². The van der Waals surface area contributed by atoms with Crippen molar-refractivity contribution in [3.8, 4) is 79.3 Å². The Morgan fingerprint density at radius 3 is 1.18 bits per heavy atom. The van der Waals surface area contributed by atoms with Crippen molar-refractivity contribution in [1.29, 1.82) is 0 Å². The Hall–Kier alpha value is -8.22. The SMILES string of the molecule is c1ccc(-c2nc(-c3cccc(-c4ccccn4)c3)cc(-c3ccc4c(c3)C3c5ccccc5C4c4cc(-c5nc(-c6ccccc6)nc(-c6ccccc6)n5)ccc43)n2)cc1. The first-order chi connectivity index (χ1) is 30.7. The molecule has 2 atom stereocenters. The van der Waals surface area contributed by atoms with Gasteiger partial charge in [0.1, 0.15) is 0 Å². The first-order valence-corrected chi connectivity index (χ1v) is 20.9. The van der Waals surface area contributed by atoms with Crippen molar-refractivity contribution in [1.82, 2.24) is 29.9 Å². The second kappa shape index (κ2) is 14.8. The summed E-state index contributed by atoms with van der Waals surface area (Å²) in [6, 6.07) is 69.8. The van der Waals surface area contributed by atoms with Gasteiger partial charge in [-0.05, 0) is 69.8 Å². The summed E-state index contributed by atoms with van der Waals surface area (Å²) in [6.07, 6.45) is 1.83. The Bertz CT molecular complexity index is 3240. The number of aromatic nitrogens is 6. The van der Waals surface area contributed by atoms with Crippen molar-refractivity contribution in [2.75, 3.05) is 0 Å². The zero-order valence-electron chi connectivity index (χ0n) is 33.5. The molecule has 0 saturated heterocycles. The summed E-state index contributed by atoms with van der Waals surface area (Å²) in [5.74, 6) is 2.76. The molecule has 0 saturated carbocycles. The predicted molar refractivity (Wildman–Crippen MR) is 246 cm³/mol. The van der Waals surface area contributed by atoms with E-state index >= 15 is 0 Å². The Morgan fingerprint density at radius 1 is 0.242 bits per heavy atom. The standard InChI is InChI=1S/C56H36N6/c1-4-15-35(16-5-1)53-58-49(39-22-14-21-38(31-39)48-25-12-13-30-57-48)34-50(59-53)40-26-28-44-46(32-40)51-42-23-10-11-24-43(42)52(44)47-33-41(27-29-45(47)51)56-61-54(36-17-6-2-7-18-36)60-55(62-56)37-19-8-3-9-20-37/h1-34,51-52H. The minimum atomic E-state index is 0.0504. The zero-order chi connectivity index (χ0) is 41.0. The largest absolute Gasteiger partial charge is 0.256 e. The van der Waals surface area contributed by atoms with Crippen LogP contribution >= 0.6 is 0 Å². The first kappa shape index (κ1) is 35.7. The van der Waals surface area contributed by atoms with E-state index in [0.717, 1.165) is 56.0 Å². The lowest BCUT2D eigenvalue weighted by Crippen LogP contribution is -2.27.